The van der Waals surface area contributed by atoms with E-state index in [2.05, 4.69) is 111 Å². The van der Waals surface area contributed by atoms with Crippen LogP contribution < -0.4 is 4.74 Å². The summed E-state index contributed by atoms with van der Waals surface area (Å²) in [5, 5.41) is 2.23. The van der Waals surface area contributed by atoms with Crippen molar-refractivity contribution in [1.82, 2.24) is 18.7 Å². The van der Waals surface area contributed by atoms with E-state index in [1.807, 2.05) is 55.7 Å². The molecule has 43 heavy (non-hydrogen) atoms. The van der Waals surface area contributed by atoms with Crippen LogP contribution in [0.15, 0.2) is 134 Å². The molecule has 0 fully saturated rings. The summed E-state index contributed by atoms with van der Waals surface area (Å²) in [5.74, 6) is 2.06. The molecular formula is C37H25N4OPt-. The van der Waals surface area contributed by atoms with Crippen LogP contribution in [0.3, 0.4) is 0 Å². The van der Waals surface area contributed by atoms with E-state index in [0.717, 1.165) is 55.5 Å². The smallest absolute Gasteiger partial charge is 0.188 e. The van der Waals surface area contributed by atoms with Crippen molar-refractivity contribution >= 4 is 32.8 Å². The van der Waals surface area contributed by atoms with E-state index in [9.17, 15) is 0 Å². The van der Waals surface area contributed by atoms with Gasteiger partial charge in [-0.2, -0.15) is 12.1 Å². The average Bonchev–Trinajstić information content (AvgIpc) is 3.56. The molecular weight excluding hydrogens is 712 g/mol. The Hall–Kier alpha value is -4.99. The number of rotatable bonds is 5. The van der Waals surface area contributed by atoms with Crippen LogP contribution in [0, 0.1) is 12.1 Å². The van der Waals surface area contributed by atoms with Gasteiger partial charge >= 0.3 is 0 Å². The van der Waals surface area contributed by atoms with Crippen molar-refractivity contribution in [3.63, 3.8) is 0 Å². The zero-order chi connectivity index (χ0) is 28.0. The second-order valence-corrected chi connectivity index (χ2v) is 10.3. The van der Waals surface area contributed by atoms with Gasteiger partial charge in [0, 0.05) is 69.1 Å². The number of para-hydroxylation sites is 3. The molecule has 3 heterocycles. The predicted molar refractivity (Wildman–Crippen MR) is 168 cm³/mol. The minimum Gasteiger partial charge on any atom is -0.508 e. The third kappa shape index (κ3) is 4.72. The summed E-state index contributed by atoms with van der Waals surface area (Å²) in [5.41, 5.74) is 7.39. The molecule has 0 spiro atoms. The number of hydrogen-bond acceptors (Lipinski definition) is 2. The summed E-state index contributed by atoms with van der Waals surface area (Å²) in [6.07, 6.45) is 3.93. The zero-order valence-electron chi connectivity index (χ0n) is 23.2. The molecule has 0 aliphatic heterocycles. The van der Waals surface area contributed by atoms with Gasteiger partial charge in [0.2, 0.25) is 0 Å². The Morgan fingerprint density at radius 3 is 2.26 bits per heavy atom. The number of hydrogen-bond donors (Lipinski definition) is 0. The summed E-state index contributed by atoms with van der Waals surface area (Å²) in [6, 6.07) is 48.3. The maximum absolute atomic E-state index is 6.38. The van der Waals surface area contributed by atoms with Crippen LogP contribution in [0.1, 0.15) is 0 Å². The van der Waals surface area contributed by atoms with Crippen molar-refractivity contribution in [2.24, 2.45) is 7.05 Å². The number of imidazole rings is 1. The molecule has 0 bridgehead atoms. The third-order valence-electron chi connectivity index (χ3n) is 7.68. The van der Waals surface area contributed by atoms with Gasteiger partial charge in [0.05, 0.1) is 0 Å². The summed E-state index contributed by atoms with van der Waals surface area (Å²) >= 11 is 0. The molecule has 0 N–H and O–H groups in total. The summed E-state index contributed by atoms with van der Waals surface area (Å²) in [6.45, 7) is 0. The van der Waals surface area contributed by atoms with Crippen molar-refractivity contribution in [3.05, 3.63) is 146 Å². The normalized spacial score (nSPS) is 11.2. The van der Waals surface area contributed by atoms with Gasteiger partial charge in [0.15, 0.2) is 17.4 Å². The fourth-order valence-electron chi connectivity index (χ4n) is 5.73. The molecule has 0 saturated carbocycles. The molecule has 8 rings (SSSR count). The Balaban J connectivity index is 0.00000300. The van der Waals surface area contributed by atoms with Gasteiger partial charge in [-0.05, 0) is 46.8 Å². The Labute approximate surface area is 263 Å². The maximum atomic E-state index is 6.38. The number of benzene rings is 5. The molecule has 3 aromatic heterocycles. The molecule has 0 atom stereocenters. The van der Waals surface area contributed by atoms with E-state index < -0.39 is 0 Å². The van der Waals surface area contributed by atoms with Crippen LogP contribution in [0.4, 0.5) is 0 Å². The first-order valence-corrected chi connectivity index (χ1v) is 13.9. The largest absolute Gasteiger partial charge is 0.508 e. The van der Waals surface area contributed by atoms with Crippen LogP contribution in [-0.4, -0.2) is 18.7 Å². The van der Waals surface area contributed by atoms with E-state index in [1.165, 1.54) is 0 Å². The molecule has 5 aromatic carbocycles. The fourth-order valence-corrected chi connectivity index (χ4v) is 5.73. The van der Waals surface area contributed by atoms with E-state index in [1.54, 1.807) is 0 Å². The standard InChI is InChI=1S/C37H25N4O.Pt/c1-39-25-40(35-17-8-7-16-34(35)39)28-12-9-13-29(23-28)42-30-18-19-32-31-14-5-6-15-33(31)41(36(32)24-30)37-22-27(20-21-38-37)26-10-3-2-4-11-26;/h2-22,25H,1H3;/q-1;. The second kappa shape index (κ2) is 11.0. The molecule has 8 aromatic rings. The number of ether oxygens (including phenoxy) is 1. The van der Waals surface area contributed by atoms with Gasteiger partial charge in [0.25, 0.3) is 0 Å². The molecule has 5 nitrogen and oxygen atoms in total. The van der Waals surface area contributed by atoms with Gasteiger partial charge in [-0.25, -0.2) is 14.1 Å². The molecule has 0 aliphatic rings. The van der Waals surface area contributed by atoms with Crippen LogP contribution in [0.2, 0.25) is 0 Å². The zero-order valence-corrected chi connectivity index (χ0v) is 25.5. The maximum Gasteiger partial charge on any atom is 0.188 e. The van der Waals surface area contributed by atoms with Gasteiger partial charge in [0.1, 0.15) is 5.82 Å². The van der Waals surface area contributed by atoms with Gasteiger partial charge in [-0.3, -0.25) is 0 Å². The molecule has 0 saturated heterocycles. The minimum atomic E-state index is 0. The molecule has 0 amide bonds. The van der Waals surface area contributed by atoms with E-state index in [-0.39, 0.29) is 21.1 Å². The first kappa shape index (κ1) is 26.9. The number of aromatic nitrogens is 4. The van der Waals surface area contributed by atoms with Crippen molar-refractivity contribution in [3.8, 4) is 34.1 Å². The minimum absolute atomic E-state index is 0. The van der Waals surface area contributed by atoms with Crippen LogP contribution >= 0.6 is 0 Å². The fraction of sp³-hybridized carbons (Fsp3) is 0.0270. The first-order valence-electron chi connectivity index (χ1n) is 13.9. The number of nitrogens with zero attached hydrogens (tertiary/aromatic N) is 4. The summed E-state index contributed by atoms with van der Waals surface area (Å²) < 4.78 is 12.8. The number of pyridine rings is 1. The Morgan fingerprint density at radius 1 is 0.651 bits per heavy atom. The quantitative estimate of drug-likeness (QED) is 0.166. The van der Waals surface area contributed by atoms with Crippen LogP contribution in [-0.2, 0) is 28.1 Å². The summed E-state index contributed by atoms with van der Waals surface area (Å²) in [4.78, 5) is 4.78. The van der Waals surface area contributed by atoms with Crippen molar-refractivity contribution in [2.45, 2.75) is 0 Å². The van der Waals surface area contributed by atoms with Crippen molar-refractivity contribution < 1.29 is 25.8 Å². The first-order chi connectivity index (χ1) is 20.7. The topological polar surface area (TPSA) is 36.9 Å². The number of aryl methyl sites for hydroxylation is 1. The molecule has 210 valence electrons. The molecule has 0 radical (unpaired) electrons. The summed E-state index contributed by atoms with van der Waals surface area (Å²) in [7, 11) is 2.05. The van der Waals surface area contributed by atoms with E-state index in [4.69, 9.17) is 9.72 Å². The van der Waals surface area contributed by atoms with E-state index in [0.29, 0.717) is 11.5 Å². The second-order valence-electron chi connectivity index (χ2n) is 10.3. The monoisotopic (exact) mass is 736 g/mol. The van der Waals surface area contributed by atoms with Crippen molar-refractivity contribution in [1.29, 1.82) is 0 Å². The van der Waals surface area contributed by atoms with Gasteiger partial charge < -0.3 is 9.30 Å². The molecule has 0 unspecified atom stereocenters. The predicted octanol–water partition coefficient (Wildman–Crippen LogP) is 8.80. The van der Waals surface area contributed by atoms with Gasteiger partial charge in [-0.1, -0.05) is 60.1 Å². The molecule has 0 aliphatic carbocycles. The van der Waals surface area contributed by atoms with Crippen LogP contribution in [0.25, 0.3) is 55.5 Å². The molecule has 6 heteroatoms. The number of fused-ring (bicyclic) bond motifs is 4. The van der Waals surface area contributed by atoms with E-state index >= 15 is 0 Å². The average molecular weight is 737 g/mol. The Bertz CT molecular complexity index is 2250. The third-order valence-corrected chi connectivity index (χ3v) is 7.68. The SMILES string of the molecule is Cn1[cH+]n(-c2[c-]c(Oc3[c-]c4c(cc3)c3ccccc3n4-c3cc(-c4ccccc4)ccn3)ccc2)c2ccccc21.[Pt]. The van der Waals surface area contributed by atoms with Crippen LogP contribution in [0.5, 0.6) is 11.5 Å². The van der Waals surface area contributed by atoms with Crippen molar-refractivity contribution in [2.75, 3.05) is 0 Å². The Kier molecular flexibility index (Phi) is 6.88. The Morgan fingerprint density at radius 2 is 1.40 bits per heavy atom. The van der Waals surface area contributed by atoms with Gasteiger partial charge in [-0.15, -0.1) is 29.7 Å².